The molecule has 0 aromatic heterocycles. The number of nitrogens with one attached hydrogen (secondary N) is 1. The number of fused-ring (bicyclic) bond motifs is 1. The van der Waals surface area contributed by atoms with Gasteiger partial charge in [-0.1, -0.05) is 11.6 Å². The van der Waals surface area contributed by atoms with Gasteiger partial charge in [0.25, 0.3) is 5.91 Å². The largest absolute Gasteiger partial charge is 0.333 e. The number of benzene rings is 1. The molecule has 2 aliphatic rings. The van der Waals surface area contributed by atoms with Crippen LogP contribution < -0.4 is 5.32 Å². The zero-order chi connectivity index (χ0) is 14.5. The lowest BCUT2D eigenvalue weighted by Gasteiger charge is -2.35. The summed E-state index contributed by atoms with van der Waals surface area (Å²) >= 11 is 9.46. The summed E-state index contributed by atoms with van der Waals surface area (Å²) in [7, 11) is 0. The number of hydrogen-bond acceptors (Lipinski definition) is 2. The van der Waals surface area contributed by atoms with Gasteiger partial charge in [-0.25, -0.2) is 0 Å². The fourth-order valence-electron chi connectivity index (χ4n) is 3.55. The zero-order valence-electron chi connectivity index (χ0n) is 11.6. The van der Waals surface area contributed by atoms with E-state index in [2.05, 4.69) is 35.1 Å². The Bertz CT molecular complexity index is 561. The van der Waals surface area contributed by atoms with Gasteiger partial charge in [0.05, 0.1) is 5.02 Å². The third-order valence-electron chi connectivity index (χ3n) is 4.77. The van der Waals surface area contributed by atoms with Crippen molar-refractivity contribution in [1.29, 1.82) is 0 Å². The van der Waals surface area contributed by atoms with E-state index < -0.39 is 0 Å². The quantitative estimate of drug-likeness (QED) is 0.837. The molecule has 2 unspecified atom stereocenters. The normalized spacial score (nSPS) is 27.7. The van der Waals surface area contributed by atoms with Crippen LogP contribution in [0, 0.1) is 11.8 Å². The van der Waals surface area contributed by atoms with Gasteiger partial charge in [-0.2, -0.15) is 0 Å². The smallest absolute Gasteiger partial charge is 0.254 e. The summed E-state index contributed by atoms with van der Waals surface area (Å²) in [4.78, 5) is 14.8. The summed E-state index contributed by atoms with van der Waals surface area (Å²) in [6, 6.07) is 5.41. The van der Waals surface area contributed by atoms with Crippen molar-refractivity contribution in [2.24, 2.45) is 11.8 Å². The summed E-state index contributed by atoms with van der Waals surface area (Å²) in [6.07, 6.45) is 0. The molecular formula is C15H18BrClN2O. The molecule has 3 nitrogen and oxygen atoms in total. The molecule has 1 N–H and O–H groups in total. The Kier molecular flexibility index (Phi) is 3.59. The van der Waals surface area contributed by atoms with Crippen molar-refractivity contribution in [3.8, 4) is 0 Å². The number of likely N-dealkylation sites (tertiary alicyclic amines) is 1. The molecule has 0 bridgehead atoms. The number of nitrogens with zero attached hydrogens (tertiary/aromatic N) is 1. The Morgan fingerprint density at radius 3 is 2.85 bits per heavy atom. The van der Waals surface area contributed by atoms with Crippen LogP contribution in [-0.2, 0) is 0 Å². The molecule has 1 aromatic rings. The highest BCUT2D eigenvalue weighted by molar-refractivity contribution is 9.10. The van der Waals surface area contributed by atoms with Gasteiger partial charge in [0.15, 0.2) is 0 Å². The van der Waals surface area contributed by atoms with Crippen molar-refractivity contribution in [1.82, 2.24) is 10.2 Å². The lowest BCUT2D eigenvalue weighted by atomic mass is 9.84. The summed E-state index contributed by atoms with van der Waals surface area (Å²) in [5, 5.41) is 4.01. The van der Waals surface area contributed by atoms with Crippen molar-refractivity contribution in [2.75, 3.05) is 19.6 Å². The standard InChI is InChI=1S/C15H18BrClN2O/c1-15(2)11-7-18-6-10(11)8-19(15)14(20)9-3-4-12(16)13(17)5-9/h3-5,10-11,18H,6-8H2,1-2H3. The molecule has 2 fully saturated rings. The topological polar surface area (TPSA) is 32.3 Å². The van der Waals surface area contributed by atoms with Gasteiger partial charge in [-0.15, -0.1) is 0 Å². The SMILES string of the molecule is CC1(C)C2CNCC2CN1C(=O)c1ccc(Br)c(Cl)c1. The maximum absolute atomic E-state index is 12.8. The Balaban J connectivity index is 1.89. The monoisotopic (exact) mass is 356 g/mol. The number of amides is 1. The van der Waals surface area contributed by atoms with Crippen molar-refractivity contribution in [2.45, 2.75) is 19.4 Å². The van der Waals surface area contributed by atoms with Crippen LogP contribution in [0.15, 0.2) is 22.7 Å². The van der Waals surface area contributed by atoms with E-state index >= 15 is 0 Å². The number of hydrogen-bond donors (Lipinski definition) is 1. The molecule has 1 aromatic carbocycles. The lowest BCUT2D eigenvalue weighted by molar-refractivity contribution is 0.0603. The molecule has 5 heteroatoms. The van der Waals surface area contributed by atoms with Crippen LogP contribution in [0.4, 0.5) is 0 Å². The van der Waals surface area contributed by atoms with E-state index in [1.807, 2.05) is 17.0 Å². The second-order valence-corrected chi connectivity index (χ2v) is 7.48. The van der Waals surface area contributed by atoms with Gasteiger partial charge in [0, 0.05) is 35.2 Å². The van der Waals surface area contributed by atoms with Crippen LogP contribution in [0.25, 0.3) is 0 Å². The Labute approximate surface area is 132 Å². The molecule has 2 saturated heterocycles. The predicted molar refractivity (Wildman–Crippen MR) is 84.1 cm³/mol. The zero-order valence-corrected chi connectivity index (χ0v) is 14.0. The average molecular weight is 358 g/mol. The molecule has 2 aliphatic heterocycles. The summed E-state index contributed by atoms with van der Waals surface area (Å²) < 4.78 is 0.817. The van der Waals surface area contributed by atoms with Gasteiger partial charge in [0.1, 0.15) is 0 Å². The molecule has 20 heavy (non-hydrogen) atoms. The van der Waals surface area contributed by atoms with E-state index in [0.29, 0.717) is 22.4 Å². The minimum absolute atomic E-state index is 0.0822. The van der Waals surface area contributed by atoms with Crippen LogP contribution in [0.1, 0.15) is 24.2 Å². The highest BCUT2D eigenvalue weighted by Crippen LogP contribution is 2.41. The van der Waals surface area contributed by atoms with E-state index in [4.69, 9.17) is 11.6 Å². The Morgan fingerprint density at radius 2 is 2.20 bits per heavy atom. The van der Waals surface area contributed by atoms with E-state index in [1.54, 1.807) is 6.07 Å². The van der Waals surface area contributed by atoms with Gasteiger partial charge in [-0.3, -0.25) is 4.79 Å². The maximum atomic E-state index is 12.8. The number of halogens is 2. The first-order valence-corrected chi connectivity index (χ1v) is 8.06. The Morgan fingerprint density at radius 1 is 1.45 bits per heavy atom. The molecule has 2 heterocycles. The van der Waals surface area contributed by atoms with Crippen molar-refractivity contribution < 1.29 is 4.79 Å². The van der Waals surface area contributed by atoms with Crippen LogP contribution >= 0.6 is 27.5 Å². The van der Waals surface area contributed by atoms with Crippen molar-refractivity contribution >= 4 is 33.4 Å². The van der Waals surface area contributed by atoms with E-state index in [0.717, 1.165) is 24.1 Å². The molecule has 0 radical (unpaired) electrons. The fourth-order valence-corrected chi connectivity index (χ4v) is 3.98. The van der Waals surface area contributed by atoms with E-state index in [-0.39, 0.29) is 11.4 Å². The highest BCUT2D eigenvalue weighted by Gasteiger charge is 2.51. The molecule has 1 amide bonds. The average Bonchev–Trinajstić information content (AvgIpc) is 2.95. The molecule has 2 atom stereocenters. The lowest BCUT2D eigenvalue weighted by Crippen LogP contribution is -2.47. The fraction of sp³-hybridized carbons (Fsp3) is 0.533. The summed E-state index contributed by atoms with van der Waals surface area (Å²) in [5.41, 5.74) is 0.560. The molecule has 3 rings (SSSR count). The van der Waals surface area contributed by atoms with E-state index in [9.17, 15) is 4.79 Å². The first-order valence-electron chi connectivity index (χ1n) is 6.89. The van der Waals surface area contributed by atoms with Crippen molar-refractivity contribution in [3.63, 3.8) is 0 Å². The van der Waals surface area contributed by atoms with E-state index in [1.165, 1.54) is 0 Å². The molecule has 108 valence electrons. The molecular weight excluding hydrogens is 340 g/mol. The second kappa shape index (κ2) is 5.00. The van der Waals surface area contributed by atoms with Gasteiger partial charge < -0.3 is 10.2 Å². The van der Waals surface area contributed by atoms with Crippen LogP contribution in [-0.4, -0.2) is 36.0 Å². The number of carbonyl (C=O) groups excluding carboxylic acids is 1. The van der Waals surface area contributed by atoms with Crippen molar-refractivity contribution in [3.05, 3.63) is 33.3 Å². The molecule has 0 saturated carbocycles. The third kappa shape index (κ3) is 2.18. The van der Waals surface area contributed by atoms with Gasteiger partial charge in [0.2, 0.25) is 0 Å². The summed E-state index contributed by atoms with van der Waals surface area (Å²) in [5.74, 6) is 1.19. The predicted octanol–water partition coefficient (Wildman–Crippen LogP) is 3.17. The highest BCUT2D eigenvalue weighted by atomic mass is 79.9. The van der Waals surface area contributed by atoms with Gasteiger partial charge >= 0.3 is 0 Å². The third-order valence-corrected chi connectivity index (χ3v) is 6.00. The first-order chi connectivity index (χ1) is 9.41. The summed E-state index contributed by atoms with van der Waals surface area (Å²) in [6.45, 7) is 7.19. The Hall–Kier alpha value is -0.580. The maximum Gasteiger partial charge on any atom is 0.254 e. The number of rotatable bonds is 1. The minimum Gasteiger partial charge on any atom is -0.333 e. The van der Waals surface area contributed by atoms with Crippen LogP contribution in [0.3, 0.4) is 0 Å². The van der Waals surface area contributed by atoms with Crippen LogP contribution in [0.5, 0.6) is 0 Å². The second-order valence-electron chi connectivity index (χ2n) is 6.22. The molecule has 0 aliphatic carbocycles. The number of carbonyl (C=O) groups is 1. The molecule has 0 spiro atoms. The van der Waals surface area contributed by atoms with Crippen LogP contribution in [0.2, 0.25) is 5.02 Å². The van der Waals surface area contributed by atoms with Gasteiger partial charge in [-0.05, 0) is 59.8 Å². The minimum atomic E-state index is -0.106. The first kappa shape index (κ1) is 14.4.